The highest BCUT2D eigenvalue weighted by molar-refractivity contribution is 5.80. The topological polar surface area (TPSA) is 62.2 Å². The van der Waals surface area contributed by atoms with Crippen LogP contribution in [0.3, 0.4) is 0 Å². The Balaban J connectivity index is 5.80. The van der Waals surface area contributed by atoms with E-state index in [1.807, 2.05) is 25.3 Å². The number of nitrogens with two attached hydrogens (primary N) is 1. The Morgan fingerprint density at radius 3 is 2.36 bits per heavy atom. The molecule has 2 N–H and O–H groups in total. The minimum absolute atomic E-state index is 0.471. The largest absolute Gasteiger partial charge is 0.326 e. The van der Waals surface area contributed by atoms with Crippen molar-refractivity contribution in [1.82, 2.24) is 0 Å². The van der Waals surface area contributed by atoms with Gasteiger partial charge in [-0.2, -0.15) is 5.26 Å². The highest BCUT2D eigenvalue weighted by atomic mass is 14.7. The molecule has 0 fully saturated rings. The predicted octanol–water partition coefficient (Wildman–Crippen LogP) is 4.62. The van der Waals surface area contributed by atoms with Crippen LogP contribution < -0.4 is 5.73 Å². The molecular formula is C19H27N3. The van der Waals surface area contributed by atoms with E-state index >= 15 is 0 Å². The van der Waals surface area contributed by atoms with Crippen LogP contribution in [0.25, 0.3) is 0 Å². The third-order valence-corrected chi connectivity index (χ3v) is 3.40. The second-order valence-electron chi connectivity index (χ2n) is 4.79. The lowest BCUT2D eigenvalue weighted by Crippen LogP contribution is -2.04. The van der Waals surface area contributed by atoms with Crippen LogP contribution in [0.5, 0.6) is 0 Å². The summed E-state index contributed by atoms with van der Waals surface area (Å²) in [6.07, 6.45) is 10.8. The van der Waals surface area contributed by atoms with Gasteiger partial charge < -0.3 is 5.73 Å². The molecule has 0 saturated carbocycles. The van der Waals surface area contributed by atoms with Crippen LogP contribution in [0.15, 0.2) is 63.9 Å². The molecule has 0 saturated heterocycles. The summed E-state index contributed by atoms with van der Waals surface area (Å²) in [5.74, 6) is 0. The summed E-state index contributed by atoms with van der Waals surface area (Å²) in [6.45, 7) is 12.3. The molecule has 3 nitrogen and oxygen atoms in total. The van der Waals surface area contributed by atoms with E-state index in [1.54, 1.807) is 12.2 Å². The first-order chi connectivity index (χ1) is 10.6. The molecule has 118 valence electrons. The summed E-state index contributed by atoms with van der Waals surface area (Å²) in [4.78, 5) is 4.64. The normalized spacial score (nSPS) is 14.8. The molecule has 0 amide bonds. The van der Waals surface area contributed by atoms with Crippen molar-refractivity contribution in [3.63, 3.8) is 0 Å². The molecule has 0 aliphatic rings. The van der Waals surface area contributed by atoms with Gasteiger partial charge in [0.15, 0.2) is 0 Å². The fourth-order valence-electron chi connectivity index (χ4n) is 1.73. The van der Waals surface area contributed by atoms with Crippen LogP contribution in [0, 0.1) is 11.3 Å². The molecule has 0 aliphatic carbocycles. The van der Waals surface area contributed by atoms with E-state index in [1.165, 1.54) is 5.57 Å². The fraction of sp³-hybridized carbons (Fsp3) is 0.368. The quantitative estimate of drug-likeness (QED) is 0.403. The molecule has 3 heteroatoms. The Morgan fingerprint density at radius 2 is 1.95 bits per heavy atom. The lowest BCUT2D eigenvalue weighted by atomic mass is 10.0. The van der Waals surface area contributed by atoms with Crippen molar-refractivity contribution < 1.29 is 0 Å². The Bertz CT molecular complexity index is 564. The zero-order valence-electron chi connectivity index (χ0n) is 14.2. The number of hydrogen-bond donors (Lipinski definition) is 1. The molecule has 0 aromatic rings. The third kappa shape index (κ3) is 6.51. The van der Waals surface area contributed by atoms with Gasteiger partial charge in [-0.25, -0.2) is 0 Å². The van der Waals surface area contributed by atoms with Gasteiger partial charge in [0.25, 0.3) is 0 Å². The maximum atomic E-state index is 8.96. The molecule has 0 aliphatic heterocycles. The summed E-state index contributed by atoms with van der Waals surface area (Å²) in [5, 5.41) is 8.96. The molecule has 22 heavy (non-hydrogen) atoms. The Morgan fingerprint density at radius 1 is 1.27 bits per heavy atom. The molecule has 0 bridgehead atoms. The van der Waals surface area contributed by atoms with Crippen LogP contribution >= 0.6 is 0 Å². The van der Waals surface area contributed by atoms with Crippen LogP contribution in [-0.2, 0) is 0 Å². The lowest BCUT2D eigenvalue weighted by molar-refractivity contribution is 1.00. The molecule has 0 radical (unpaired) electrons. The van der Waals surface area contributed by atoms with Gasteiger partial charge in [-0.3, -0.25) is 4.99 Å². The van der Waals surface area contributed by atoms with Crippen molar-refractivity contribution in [3.05, 3.63) is 58.9 Å². The standard InChI is InChI=1S/C19H27N3/c1-6-15(5)19(22-14-17(8-3)13-21)18(9-4)11-10-16(7-2)12-20/h7-8,10-11,14H,2,6,9,13,21H2,1,3-5H3/b16-10+,17-8-,18-11+,19-15-,22-14-. The van der Waals surface area contributed by atoms with Crippen molar-refractivity contribution in [2.24, 2.45) is 10.7 Å². The van der Waals surface area contributed by atoms with E-state index in [0.29, 0.717) is 12.1 Å². The second-order valence-corrected chi connectivity index (χ2v) is 4.79. The smallest absolute Gasteiger partial charge is 0.0991 e. The van der Waals surface area contributed by atoms with E-state index < -0.39 is 0 Å². The van der Waals surface area contributed by atoms with Gasteiger partial charge in [-0.1, -0.05) is 38.7 Å². The monoisotopic (exact) mass is 297 g/mol. The third-order valence-electron chi connectivity index (χ3n) is 3.40. The van der Waals surface area contributed by atoms with Gasteiger partial charge in [0.05, 0.1) is 17.3 Å². The van der Waals surface area contributed by atoms with E-state index in [4.69, 9.17) is 11.0 Å². The van der Waals surface area contributed by atoms with Gasteiger partial charge >= 0.3 is 0 Å². The molecule has 0 spiro atoms. The van der Waals surface area contributed by atoms with E-state index in [0.717, 1.165) is 29.7 Å². The Hall–Kier alpha value is -2.18. The first-order valence-electron chi connectivity index (χ1n) is 7.60. The number of allylic oxidation sites excluding steroid dienone is 7. The molecule has 0 unspecified atom stereocenters. The first kappa shape index (κ1) is 19.8. The number of nitrogens with zero attached hydrogens (tertiary/aromatic N) is 2. The van der Waals surface area contributed by atoms with Crippen LogP contribution in [0.2, 0.25) is 0 Å². The second kappa shape index (κ2) is 11.5. The number of hydrogen-bond acceptors (Lipinski definition) is 3. The van der Waals surface area contributed by atoms with Gasteiger partial charge in [0, 0.05) is 12.8 Å². The zero-order valence-corrected chi connectivity index (χ0v) is 14.2. The molecule has 0 aromatic heterocycles. The summed E-state index contributed by atoms with van der Waals surface area (Å²) in [7, 11) is 0. The van der Waals surface area contributed by atoms with Crippen molar-refractivity contribution in [3.8, 4) is 6.07 Å². The van der Waals surface area contributed by atoms with Crippen molar-refractivity contribution in [1.29, 1.82) is 5.26 Å². The molecule has 0 rings (SSSR count). The predicted molar refractivity (Wildman–Crippen MR) is 96.6 cm³/mol. The SMILES string of the molecule is C=C\C(C#N)=C/C=C(CC)/C(/N=C\C(=C/C)CN)=C(\C)CC. The van der Waals surface area contributed by atoms with Gasteiger partial charge in [0.2, 0.25) is 0 Å². The summed E-state index contributed by atoms with van der Waals surface area (Å²) >= 11 is 0. The van der Waals surface area contributed by atoms with Gasteiger partial charge in [-0.05, 0) is 49.5 Å². The summed E-state index contributed by atoms with van der Waals surface area (Å²) in [6, 6.07) is 2.10. The Labute approximate surface area is 134 Å². The minimum atomic E-state index is 0.471. The Kier molecular flexibility index (Phi) is 10.3. The van der Waals surface area contributed by atoms with Crippen LogP contribution in [0.4, 0.5) is 0 Å². The van der Waals surface area contributed by atoms with Gasteiger partial charge in [-0.15, -0.1) is 0 Å². The molecule has 0 heterocycles. The first-order valence-corrected chi connectivity index (χ1v) is 7.60. The number of nitriles is 1. The lowest BCUT2D eigenvalue weighted by Gasteiger charge is -2.09. The average Bonchev–Trinajstić information content (AvgIpc) is 2.56. The number of aliphatic imine (C=N–C) groups is 1. The molecular weight excluding hydrogens is 270 g/mol. The summed E-state index contributed by atoms with van der Waals surface area (Å²) < 4.78 is 0. The highest BCUT2D eigenvalue weighted by Crippen LogP contribution is 2.22. The molecule has 0 atom stereocenters. The van der Waals surface area contributed by atoms with E-state index in [-0.39, 0.29) is 0 Å². The maximum Gasteiger partial charge on any atom is 0.0991 e. The highest BCUT2D eigenvalue weighted by Gasteiger charge is 2.05. The van der Waals surface area contributed by atoms with Gasteiger partial charge in [0.1, 0.15) is 0 Å². The zero-order chi connectivity index (χ0) is 17.0. The van der Waals surface area contributed by atoms with Crippen molar-refractivity contribution >= 4 is 6.21 Å². The van der Waals surface area contributed by atoms with Crippen molar-refractivity contribution in [2.75, 3.05) is 6.54 Å². The van der Waals surface area contributed by atoms with Crippen LogP contribution in [0.1, 0.15) is 40.5 Å². The molecule has 0 aromatic carbocycles. The van der Waals surface area contributed by atoms with Crippen LogP contribution in [-0.4, -0.2) is 12.8 Å². The average molecular weight is 297 g/mol. The minimum Gasteiger partial charge on any atom is -0.326 e. The van der Waals surface area contributed by atoms with E-state index in [9.17, 15) is 0 Å². The van der Waals surface area contributed by atoms with E-state index in [2.05, 4.69) is 38.4 Å². The number of rotatable bonds is 8. The van der Waals surface area contributed by atoms with Crippen molar-refractivity contribution in [2.45, 2.75) is 40.5 Å². The fourth-order valence-corrected chi connectivity index (χ4v) is 1.73. The summed E-state index contributed by atoms with van der Waals surface area (Å²) in [5.41, 5.74) is 10.5. The maximum absolute atomic E-state index is 8.96.